The molecule has 3 atom stereocenters. The van der Waals surface area contributed by atoms with E-state index in [1.54, 1.807) is 12.0 Å². The first kappa shape index (κ1) is 15.5. The van der Waals surface area contributed by atoms with E-state index in [0.717, 1.165) is 37.0 Å². The maximum Gasteiger partial charge on any atom is 0.250 e. The van der Waals surface area contributed by atoms with E-state index < -0.39 is 11.1 Å². The fraction of sp³-hybridized carbons (Fsp3) is 0.579. The van der Waals surface area contributed by atoms with Crippen LogP contribution in [0, 0.1) is 5.92 Å². The maximum absolute atomic E-state index is 13.4. The van der Waals surface area contributed by atoms with Gasteiger partial charge in [-0.25, -0.2) is 0 Å². The summed E-state index contributed by atoms with van der Waals surface area (Å²) in [6, 6.07) is 7.73. The normalized spacial score (nSPS) is 34.7. The van der Waals surface area contributed by atoms with Crippen molar-refractivity contribution in [2.75, 3.05) is 14.2 Å². The van der Waals surface area contributed by atoms with Crippen molar-refractivity contribution in [3.05, 3.63) is 29.8 Å². The van der Waals surface area contributed by atoms with E-state index in [0.29, 0.717) is 12.5 Å². The summed E-state index contributed by atoms with van der Waals surface area (Å²) in [5.41, 5.74) is -0.288. The average Bonchev–Trinajstić information content (AvgIpc) is 3.01. The Morgan fingerprint density at radius 3 is 2.58 bits per heavy atom. The molecule has 2 bridgehead atoms. The van der Waals surface area contributed by atoms with E-state index in [1.807, 2.05) is 43.1 Å². The molecule has 3 saturated heterocycles. The Hall–Kier alpha value is -2.04. The van der Waals surface area contributed by atoms with Crippen LogP contribution in [0.15, 0.2) is 24.3 Å². The van der Waals surface area contributed by atoms with Crippen LogP contribution in [0.25, 0.3) is 0 Å². The zero-order valence-corrected chi connectivity index (χ0v) is 14.5. The number of benzene rings is 1. The van der Waals surface area contributed by atoms with Crippen LogP contribution in [-0.4, -0.2) is 46.8 Å². The van der Waals surface area contributed by atoms with Crippen LogP contribution in [0.1, 0.15) is 38.2 Å². The quantitative estimate of drug-likeness (QED) is 0.855. The number of carbonyl (C=O) groups is 2. The van der Waals surface area contributed by atoms with Crippen LogP contribution in [-0.2, 0) is 16.1 Å². The molecule has 1 saturated carbocycles. The topological polar surface area (TPSA) is 49.9 Å². The zero-order valence-electron chi connectivity index (χ0n) is 14.5. The number of amides is 2. The first-order valence-corrected chi connectivity index (χ1v) is 8.67. The molecule has 0 aromatic heterocycles. The van der Waals surface area contributed by atoms with Gasteiger partial charge in [0.1, 0.15) is 16.8 Å². The number of likely N-dealkylation sites (N-methyl/N-ethyl adjacent to an activating group) is 1. The van der Waals surface area contributed by atoms with E-state index in [1.165, 1.54) is 0 Å². The summed E-state index contributed by atoms with van der Waals surface area (Å²) >= 11 is 0. The fourth-order valence-corrected chi connectivity index (χ4v) is 5.15. The number of nitrogens with zero attached hydrogens (tertiary/aromatic N) is 2. The molecule has 0 radical (unpaired) electrons. The average molecular weight is 328 g/mol. The Balaban J connectivity index is 1.71. The van der Waals surface area contributed by atoms with E-state index in [-0.39, 0.29) is 11.8 Å². The highest BCUT2D eigenvalue weighted by Crippen LogP contribution is 2.55. The number of carbonyl (C=O) groups excluding carboxylic acids is 2. The zero-order chi connectivity index (χ0) is 17.1. The smallest absolute Gasteiger partial charge is 0.250 e. The third kappa shape index (κ3) is 1.75. The Kier molecular flexibility index (Phi) is 3.21. The molecule has 5 rings (SSSR count). The van der Waals surface area contributed by atoms with Crippen molar-refractivity contribution >= 4 is 11.8 Å². The summed E-state index contributed by atoms with van der Waals surface area (Å²) in [6.07, 6.45) is 3.67. The molecule has 3 heterocycles. The van der Waals surface area contributed by atoms with E-state index >= 15 is 0 Å². The van der Waals surface area contributed by atoms with Crippen LogP contribution in [0.3, 0.4) is 0 Å². The summed E-state index contributed by atoms with van der Waals surface area (Å²) in [5.74, 6) is 1.33. The first-order chi connectivity index (χ1) is 11.4. The molecule has 2 amide bonds. The molecule has 128 valence electrons. The Morgan fingerprint density at radius 1 is 1.21 bits per heavy atom. The number of methoxy groups -OCH3 is 1. The summed E-state index contributed by atoms with van der Waals surface area (Å²) in [5, 5.41) is 0. The molecule has 0 N–H and O–H groups in total. The number of piperazine rings is 1. The Bertz CT molecular complexity index is 701. The van der Waals surface area contributed by atoms with E-state index in [2.05, 4.69) is 0 Å². The van der Waals surface area contributed by atoms with Gasteiger partial charge >= 0.3 is 0 Å². The van der Waals surface area contributed by atoms with Crippen molar-refractivity contribution in [2.45, 2.75) is 50.2 Å². The highest BCUT2D eigenvalue weighted by molar-refractivity contribution is 6.04. The highest BCUT2D eigenvalue weighted by atomic mass is 16.5. The van der Waals surface area contributed by atoms with Gasteiger partial charge in [0.15, 0.2) is 0 Å². The van der Waals surface area contributed by atoms with Crippen molar-refractivity contribution in [1.29, 1.82) is 0 Å². The lowest BCUT2D eigenvalue weighted by Gasteiger charge is -2.62. The number of hydrogen-bond donors (Lipinski definition) is 0. The summed E-state index contributed by atoms with van der Waals surface area (Å²) in [4.78, 5) is 30.0. The SMILES string of the molecule is COc1ccc(CN2C(=O)[C@@]34CCC[C@@H]3C[C@]2(C)C(=O)N4C)cc1. The molecule has 3 aliphatic heterocycles. The molecule has 4 fully saturated rings. The van der Waals surface area contributed by atoms with Crippen molar-refractivity contribution in [1.82, 2.24) is 9.80 Å². The molecule has 24 heavy (non-hydrogen) atoms. The Morgan fingerprint density at radius 2 is 1.92 bits per heavy atom. The van der Waals surface area contributed by atoms with Gasteiger partial charge in [-0.1, -0.05) is 18.6 Å². The highest BCUT2D eigenvalue weighted by Gasteiger charge is 2.69. The van der Waals surface area contributed by atoms with Gasteiger partial charge in [-0.05, 0) is 49.8 Å². The van der Waals surface area contributed by atoms with Crippen molar-refractivity contribution in [2.24, 2.45) is 5.92 Å². The molecule has 5 heteroatoms. The lowest BCUT2D eigenvalue weighted by molar-refractivity contribution is -0.195. The Labute approximate surface area is 142 Å². The second-order valence-electron chi connectivity index (χ2n) is 7.59. The molecule has 0 unspecified atom stereocenters. The number of piperidine rings is 2. The molecule has 1 aromatic rings. The third-order valence-corrected chi connectivity index (χ3v) is 6.50. The second kappa shape index (κ2) is 4.98. The van der Waals surface area contributed by atoms with Gasteiger partial charge in [0, 0.05) is 13.6 Å². The lowest BCUT2D eigenvalue weighted by atomic mass is 9.66. The van der Waals surface area contributed by atoms with Gasteiger partial charge in [-0.3, -0.25) is 9.59 Å². The van der Waals surface area contributed by atoms with E-state index in [9.17, 15) is 9.59 Å². The minimum absolute atomic E-state index is 0.0914. The van der Waals surface area contributed by atoms with E-state index in [4.69, 9.17) is 4.74 Å². The van der Waals surface area contributed by atoms with Gasteiger partial charge in [-0.2, -0.15) is 0 Å². The minimum Gasteiger partial charge on any atom is -0.497 e. The molecular formula is C19H24N2O3. The predicted molar refractivity (Wildman–Crippen MR) is 89.4 cm³/mol. The van der Waals surface area contributed by atoms with Crippen LogP contribution >= 0.6 is 0 Å². The fourth-order valence-electron chi connectivity index (χ4n) is 5.15. The van der Waals surface area contributed by atoms with Gasteiger partial charge in [-0.15, -0.1) is 0 Å². The van der Waals surface area contributed by atoms with Crippen molar-refractivity contribution in [3.63, 3.8) is 0 Å². The van der Waals surface area contributed by atoms with Crippen molar-refractivity contribution in [3.8, 4) is 5.75 Å². The predicted octanol–water partition coefficient (Wildman–Crippen LogP) is 2.20. The molecule has 1 spiro atoms. The van der Waals surface area contributed by atoms with Crippen LogP contribution in [0.4, 0.5) is 0 Å². The van der Waals surface area contributed by atoms with Gasteiger partial charge in [0.05, 0.1) is 7.11 Å². The first-order valence-electron chi connectivity index (χ1n) is 8.67. The molecule has 1 aromatic carbocycles. The second-order valence-corrected chi connectivity index (χ2v) is 7.59. The summed E-state index contributed by atoms with van der Waals surface area (Å²) < 4.78 is 5.20. The number of hydrogen-bond acceptors (Lipinski definition) is 3. The number of rotatable bonds is 3. The van der Waals surface area contributed by atoms with Gasteiger partial charge < -0.3 is 14.5 Å². The monoisotopic (exact) mass is 328 g/mol. The maximum atomic E-state index is 13.4. The molecule has 1 aliphatic carbocycles. The number of fused-ring (bicyclic) bond motifs is 2. The summed E-state index contributed by atoms with van der Waals surface area (Å²) in [6.45, 7) is 2.42. The van der Waals surface area contributed by atoms with Gasteiger partial charge in [0.25, 0.3) is 0 Å². The van der Waals surface area contributed by atoms with Crippen LogP contribution in [0.2, 0.25) is 0 Å². The standard InChI is InChI=1S/C19H24N2O3/c1-18-11-14-5-4-10-19(14,20(2)16(18)22)17(23)21(18)12-13-6-8-15(24-3)9-7-13/h6-9,14H,4-5,10-12H2,1-3H3/t14-,18-,19-/m1/s1. The van der Waals surface area contributed by atoms with Crippen LogP contribution in [0.5, 0.6) is 5.75 Å². The molecular weight excluding hydrogens is 304 g/mol. The lowest BCUT2D eigenvalue weighted by Crippen LogP contribution is -2.80. The molecule has 4 aliphatic rings. The number of ether oxygens (including phenoxy) is 1. The summed E-state index contributed by atoms with van der Waals surface area (Å²) in [7, 11) is 3.46. The van der Waals surface area contributed by atoms with Gasteiger partial charge in [0.2, 0.25) is 11.8 Å². The third-order valence-electron chi connectivity index (χ3n) is 6.50. The van der Waals surface area contributed by atoms with Crippen LogP contribution < -0.4 is 4.74 Å². The largest absolute Gasteiger partial charge is 0.497 e. The van der Waals surface area contributed by atoms with Crippen molar-refractivity contribution < 1.29 is 14.3 Å². The minimum atomic E-state index is -0.720. The molecule has 5 nitrogen and oxygen atoms in total.